The van der Waals surface area contributed by atoms with Gasteiger partial charge < -0.3 is 21.1 Å². The van der Waals surface area contributed by atoms with Gasteiger partial charge in [-0.3, -0.25) is 4.79 Å². The first-order chi connectivity index (χ1) is 8.92. The van der Waals surface area contributed by atoms with Gasteiger partial charge in [0.2, 0.25) is 5.91 Å². The van der Waals surface area contributed by atoms with E-state index >= 15 is 0 Å². The van der Waals surface area contributed by atoms with Crippen molar-refractivity contribution in [2.24, 2.45) is 0 Å². The number of nitrogens with one attached hydrogen (secondary N) is 3. The summed E-state index contributed by atoms with van der Waals surface area (Å²) < 4.78 is 0. The van der Waals surface area contributed by atoms with Gasteiger partial charge in [0.25, 0.3) is 0 Å². The minimum atomic E-state index is -1.09. The number of carboxylic acids is 1. The first kappa shape index (κ1) is 17.6. The summed E-state index contributed by atoms with van der Waals surface area (Å²) in [7, 11) is 0. The van der Waals surface area contributed by atoms with Crippen molar-refractivity contribution in [2.45, 2.75) is 32.4 Å². The van der Waals surface area contributed by atoms with E-state index < -0.39 is 24.1 Å². The number of hydrogen-bond donors (Lipinski definition) is 4. The molecular formula is C11H21N3O4S. The number of thioether (sulfide) groups is 1. The van der Waals surface area contributed by atoms with Gasteiger partial charge in [-0.1, -0.05) is 0 Å². The molecule has 2 atom stereocenters. The van der Waals surface area contributed by atoms with Crippen LogP contribution in [0.2, 0.25) is 0 Å². The third-order valence-corrected chi connectivity index (χ3v) is 2.95. The molecule has 7 nitrogen and oxygen atoms in total. The summed E-state index contributed by atoms with van der Waals surface area (Å²) in [4.78, 5) is 33.9. The van der Waals surface area contributed by atoms with Crippen LogP contribution in [0.4, 0.5) is 4.79 Å². The molecule has 0 aliphatic carbocycles. The van der Waals surface area contributed by atoms with Gasteiger partial charge in [0.05, 0.1) is 0 Å². The average molecular weight is 291 g/mol. The molecule has 8 heteroatoms. The van der Waals surface area contributed by atoms with Crippen LogP contribution in [-0.2, 0) is 9.59 Å². The van der Waals surface area contributed by atoms with Gasteiger partial charge in [0.15, 0.2) is 0 Å². The van der Waals surface area contributed by atoms with Crippen LogP contribution in [0.1, 0.15) is 20.3 Å². The van der Waals surface area contributed by atoms with E-state index in [1.807, 2.05) is 6.26 Å². The molecule has 0 aliphatic heterocycles. The summed E-state index contributed by atoms with van der Waals surface area (Å²) in [5.41, 5.74) is 0. The second-order valence-electron chi connectivity index (χ2n) is 3.91. The number of amides is 3. The molecule has 0 fully saturated rings. The Balaban J connectivity index is 4.25. The summed E-state index contributed by atoms with van der Waals surface area (Å²) >= 11 is 1.50. The van der Waals surface area contributed by atoms with E-state index in [1.165, 1.54) is 18.7 Å². The Morgan fingerprint density at radius 3 is 2.37 bits per heavy atom. The van der Waals surface area contributed by atoms with Crippen molar-refractivity contribution in [3.05, 3.63) is 0 Å². The van der Waals surface area contributed by atoms with Crippen LogP contribution in [0.3, 0.4) is 0 Å². The Morgan fingerprint density at radius 2 is 1.89 bits per heavy atom. The van der Waals surface area contributed by atoms with Crippen LogP contribution < -0.4 is 16.0 Å². The molecule has 0 saturated carbocycles. The monoisotopic (exact) mass is 291 g/mol. The molecule has 110 valence electrons. The first-order valence-corrected chi connectivity index (χ1v) is 7.38. The van der Waals surface area contributed by atoms with Crippen LogP contribution in [0.15, 0.2) is 0 Å². The highest BCUT2D eigenvalue weighted by molar-refractivity contribution is 7.98. The second-order valence-corrected chi connectivity index (χ2v) is 4.89. The lowest BCUT2D eigenvalue weighted by molar-refractivity contribution is -0.139. The largest absolute Gasteiger partial charge is 0.480 e. The number of likely N-dealkylation sites (N-methyl/N-ethyl adjacent to an activating group) is 1. The molecular weight excluding hydrogens is 270 g/mol. The zero-order valence-corrected chi connectivity index (χ0v) is 12.2. The highest BCUT2D eigenvalue weighted by Gasteiger charge is 2.21. The van der Waals surface area contributed by atoms with Crippen molar-refractivity contribution in [1.82, 2.24) is 16.0 Å². The number of rotatable bonds is 8. The van der Waals surface area contributed by atoms with Gasteiger partial charge in [-0.25, -0.2) is 9.59 Å². The highest BCUT2D eigenvalue weighted by Crippen LogP contribution is 2.01. The zero-order chi connectivity index (χ0) is 14.8. The summed E-state index contributed by atoms with van der Waals surface area (Å²) in [6, 6.07) is -2.32. The topological polar surface area (TPSA) is 108 Å². The molecule has 0 bridgehead atoms. The molecule has 0 saturated heterocycles. The lowest BCUT2D eigenvalue weighted by Crippen LogP contribution is -2.52. The van der Waals surface area contributed by atoms with Crippen molar-refractivity contribution in [1.29, 1.82) is 0 Å². The van der Waals surface area contributed by atoms with Gasteiger partial charge in [-0.2, -0.15) is 11.8 Å². The summed E-state index contributed by atoms with van der Waals surface area (Å²) in [5, 5.41) is 16.2. The Kier molecular flexibility index (Phi) is 8.77. The van der Waals surface area contributed by atoms with Gasteiger partial charge >= 0.3 is 12.0 Å². The molecule has 19 heavy (non-hydrogen) atoms. The molecule has 0 spiro atoms. The lowest BCUT2D eigenvalue weighted by Gasteiger charge is -2.17. The fourth-order valence-corrected chi connectivity index (χ4v) is 1.75. The zero-order valence-electron chi connectivity index (χ0n) is 11.4. The van der Waals surface area contributed by atoms with Gasteiger partial charge in [0, 0.05) is 6.54 Å². The Hall–Kier alpha value is -1.44. The maximum Gasteiger partial charge on any atom is 0.326 e. The second kappa shape index (κ2) is 9.48. The maximum absolute atomic E-state index is 11.6. The normalized spacial score (nSPS) is 13.2. The van der Waals surface area contributed by atoms with E-state index in [1.54, 1.807) is 6.92 Å². The molecule has 0 aliphatic rings. The lowest BCUT2D eigenvalue weighted by atomic mass is 10.2. The van der Waals surface area contributed by atoms with E-state index in [0.29, 0.717) is 18.7 Å². The Bertz CT molecular complexity index is 325. The van der Waals surface area contributed by atoms with Gasteiger partial charge in [-0.05, 0) is 32.3 Å². The molecule has 0 aromatic heterocycles. The van der Waals surface area contributed by atoms with Crippen molar-refractivity contribution < 1.29 is 19.5 Å². The smallest absolute Gasteiger partial charge is 0.326 e. The van der Waals surface area contributed by atoms with Crippen molar-refractivity contribution in [3.63, 3.8) is 0 Å². The maximum atomic E-state index is 11.6. The fourth-order valence-electron chi connectivity index (χ4n) is 1.28. The van der Waals surface area contributed by atoms with Crippen LogP contribution in [-0.4, -0.2) is 53.7 Å². The van der Waals surface area contributed by atoms with Crippen molar-refractivity contribution >= 4 is 29.7 Å². The molecule has 0 rings (SSSR count). The molecule has 2 unspecified atom stereocenters. The quantitative estimate of drug-likeness (QED) is 0.504. The molecule has 0 radical (unpaired) electrons. The SMILES string of the molecule is CCNC(=O)C(C)NC(=O)NC(CCSC)C(=O)O. The Morgan fingerprint density at radius 1 is 1.26 bits per heavy atom. The van der Waals surface area contributed by atoms with E-state index in [4.69, 9.17) is 5.11 Å². The van der Waals surface area contributed by atoms with Crippen molar-refractivity contribution in [3.8, 4) is 0 Å². The number of carbonyl (C=O) groups is 3. The predicted octanol–water partition coefficient (Wildman–Crippen LogP) is 0.0165. The average Bonchev–Trinajstić information content (AvgIpc) is 2.34. The van der Waals surface area contributed by atoms with Gasteiger partial charge in [-0.15, -0.1) is 0 Å². The summed E-state index contributed by atoms with van der Waals surface area (Å²) in [6.45, 7) is 3.77. The van der Waals surface area contributed by atoms with Crippen LogP contribution in [0.25, 0.3) is 0 Å². The predicted molar refractivity (Wildman–Crippen MR) is 74.2 cm³/mol. The third kappa shape index (κ3) is 7.55. The molecule has 0 heterocycles. The minimum absolute atomic E-state index is 0.311. The summed E-state index contributed by atoms with van der Waals surface area (Å²) in [5.74, 6) is -0.771. The van der Waals surface area contributed by atoms with E-state index in [-0.39, 0.29) is 5.91 Å². The fraction of sp³-hybridized carbons (Fsp3) is 0.727. The number of carboxylic acid groups (broad SMARTS) is 1. The minimum Gasteiger partial charge on any atom is -0.480 e. The first-order valence-electron chi connectivity index (χ1n) is 5.98. The van der Waals surface area contributed by atoms with Crippen molar-refractivity contribution in [2.75, 3.05) is 18.6 Å². The summed E-state index contributed by atoms with van der Waals surface area (Å²) in [6.07, 6.45) is 2.19. The van der Waals surface area contributed by atoms with Crippen LogP contribution >= 0.6 is 11.8 Å². The number of aliphatic carboxylic acids is 1. The van der Waals surface area contributed by atoms with Crippen LogP contribution in [0, 0.1) is 0 Å². The van der Waals surface area contributed by atoms with E-state index in [9.17, 15) is 14.4 Å². The van der Waals surface area contributed by atoms with E-state index in [0.717, 1.165) is 0 Å². The Labute approximate surface area is 116 Å². The van der Waals surface area contributed by atoms with Gasteiger partial charge in [0.1, 0.15) is 12.1 Å². The molecule has 3 amide bonds. The highest BCUT2D eigenvalue weighted by atomic mass is 32.2. The third-order valence-electron chi connectivity index (χ3n) is 2.31. The van der Waals surface area contributed by atoms with Crippen LogP contribution in [0.5, 0.6) is 0 Å². The van der Waals surface area contributed by atoms with E-state index in [2.05, 4.69) is 16.0 Å². The number of carbonyl (C=O) groups excluding carboxylic acids is 2. The molecule has 4 N–H and O–H groups in total. The number of hydrogen-bond acceptors (Lipinski definition) is 4. The molecule has 0 aromatic carbocycles. The molecule has 0 aromatic rings. The number of urea groups is 1. The standard InChI is InChI=1S/C11H21N3O4S/c1-4-12-9(15)7(2)13-11(18)14-8(10(16)17)5-6-19-3/h7-8H,4-6H2,1-3H3,(H,12,15)(H,16,17)(H2,13,14,18).